The number of rotatable bonds is 5. The minimum atomic E-state index is -2.97. The summed E-state index contributed by atoms with van der Waals surface area (Å²) in [6.07, 6.45) is 4.23. The molecule has 0 fully saturated rings. The highest BCUT2D eigenvalue weighted by Crippen LogP contribution is 2.24. The van der Waals surface area contributed by atoms with Gasteiger partial charge in [0.1, 0.15) is 9.84 Å². The Balaban J connectivity index is 2.54. The zero-order valence-electron chi connectivity index (χ0n) is 8.93. The molecular formula is C10H14ClNO3S. The van der Waals surface area contributed by atoms with Gasteiger partial charge in [-0.1, -0.05) is 11.6 Å². The van der Waals surface area contributed by atoms with Crippen molar-refractivity contribution in [3.8, 4) is 0 Å². The second-order valence-electron chi connectivity index (χ2n) is 3.69. The molecule has 1 unspecified atom stereocenters. The van der Waals surface area contributed by atoms with E-state index in [2.05, 4.69) is 4.98 Å². The molecule has 6 heteroatoms. The second-order valence-corrected chi connectivity index (χ2v) is 6.35. The molecule has 0 aromatic carbocycles. The fourth-order valence-electron chi connectivity index (χ4n) is 1.35. The van der Waals surface area contributed by atoms with Gasteiger partial charge < -0.3 is 5.11 Å². The Morgan fingerprint density at radius 2 is 2.25 bits per heavy atom. The van der Waals surface area contributed by atoms with E-state index in [1.165, 1.54) is 12.5 Å². The first-order valence-electron chi connectivity index (χ1n) is 4.85. The van der Waals surface area contributed by atoms with Crippen LogP contribution in [0.5, 0.6) is 0 Å². The zero-order chi connectivity index (χ0) is 12.2. The molecule has 0 aliphatic heterocycles. The quantitative estimate of drug-likeness (QED) is 0.876. The maximum absolute atomic E-state index is 10.9. The highest BCUT2D eigenvalue weighted by atomic mass is 35.5. The molecule has 0 saturated carbocycles. The maximum Gasteiger partial charge on any atom is 0.147 e. The van der Waals surface area contributed by atoms with Crippen molar-refractivity contribution in [2.24, 2.45) is 0 Å². The van der Waals surface area contributed by atoms with Gasteiger partial charge >= 0.3 is 0 Å². The van der Waals surface area contributed by atoms with Crippen molar-refractivity contribution in [1.82, 2.24) is 4.98 Å². The van der Waals surface area contributed by atoms with Gasteiger partial charge in [0.05, 0.1) is 11.1 Å². The molecule has 0 aliphatic rings. The van der Waals surface area contributed by atoms with Crippen molar-refractivity contribution in [3.05, 3.63) is 29.0 Å². The number of aromatic nitrogens is 1. The Labute approximate surface area is 100 Å². The topological polar surface area (TPSA) is 67.3 Å². The van der Waals surface area contributed by atoms with Crippen LogP contribution < -0.4 is 0 Å². The van der Waals surface area contributed by atoms with E-state index >= 15 is 0 Å². The Morgan fingerprint density at radius 1 is 1.56 bits per heavy atom. The van der Waals surface area contributed by atoms with Crippen molar-refractivity contribution in [1.29, 1.82) is 0 Å². The van der Waals surface area contributed by atoms with Crippen LogP contribution in [0.3, 0.4) is 0 Å². The summed E-state index contributed by atoms with van der Waals surface area (Å²) in [7, 11) is -2.97. The lowest BCUT2D eigenvalue weighted by atomic mass is 10.1. The molecule has 0 amide bonds. The van der Waals surface area contributed by atoms with E-state index in [1.807, 2.05) is 0 Å². The van der Waals surface area contributed by atoms with Crippen LogP contribution in [-0.4, -0.2) is 30.5 Å². The third-order valence-corrected chi connectivity index (χ3v) is 3.50. The summed E-state index contributed by atoms with van der Waals surface area (Å²) in [5.41, 5.74) is 0.588. The molecule has 1 aromatic heterocycles. The molecule has 1 atom stereocenters. The van der Waals surface area contributed by atoms with E-state index in [9.17, 15) is 13.5 Å². The highest BCUT2D eigenvalue weighted by Gasteiger charge is 2.12. The first-order chi connectivity index (χ1) is 7.40. The lowest BCUT2D eigenvalue weighted by molar-refractivity contribution is 0.166. The maximum atomic E-state index is 10.9. The average molecular weight is 264 g/mol. The standard InChI is InChI=1S/C10H14ClNO3S/c1-16(14,15)6-2-3-10(13)8-4-5-12-7-9(8)11/h4-5,7,10,13H,2-3,6H2,1H3. The van der Waals surface area contributed by atoms with Crippen LogP contribution in [0, 0.1) is 0 Å². The largest absolute Gasteiger partial charge is 0.388 e. The first kappa shape index (κ1) is 13.4. The summed E-state index contributed by atoms with van der Waals surface area (Å²) in [5, 5.41) is 10.2. The van der Waals surface area contributed by atoms with Gasteiger partial charge in [-0.25, -0.2) is 8.42 Å². The number of aliphatic hydroxyl groups excluding tert-OH is 1. The predicted molar refractivity (Wildman–Crippen MR) is 63.2 cm³/mol. The number of aliphatic hydroxyl groups is 1. The summed E-state index contributed by atoms with van der Waals surface area (Å²) in [5.74, 6) is 0.0762. The summed E-state index contributed by atoms with van der Waals surface area (Å²) in [6, 6.07) is 1.63. The third kappa shape index (κ3) is 4.47. The van der Waals surface area contributed by atoms with Crippen molar-refractivity contribution in [2.75, 3.05) is 12.0 Å². The number of pyridine rings is 1. The molecule has 1 rings (SSSR count). The van der Waals surface area contributed by atoms with Crippen LogP contribution in [0.15, 0.2) is 18.5 Å². The van der Waals surface area contributed by atoms with Gasteiger partial charge in [0.25, 0.3) is 0 Å². The molecule has 1 aromatic rings. The lowest BCUT2D eigenvalue weighted by Gasteiger charge is -2.11. The van der Waals surface area contributed by atoms with Crippen LogP contribution >= 0.6 is 11.6 Å². The number of nitrogens with zero attached hydrogens (tertiary/aromatic N) is 1. The van der Waals surface area contributed by atoms with E-state index in [0.717, 1.165) is 0 Å². The normalized spacial score (nSPS) is 13.7. The van der Waals surface area contributed by atoms with E-state index in [4.69, 9.17) is 11.6 Å². The summed E-state index contributed by atoms with van der Waals surface area (Å²) >= 11 is 5.85. The van der Waals surface area contributed by atoms with E-state index in [1.54, 1.807) is 12.3 Å². The molecule has 0 saturated heterocycles. The van der Waals surface area contributed by atoms with Crippen molar-refractivity contribution in [2.45, 2.75) is 18.9 Å². The van der Waals surface area contributed by atoms with Gasteiger partial charge in [0.15, 0.2) is 0 Å². The number of sulfone groups is 1. The van der Waals surface area contributed by atoms with Crippen LogP contribution in [0.25, 0.3) is 0 Å². The van der Waals surface area contributed by atoms with E-state index in [0.29, 0.717) is 23.4 Å². The van der Waals surface area contributed by atoms with Crippen LogP contribution in [0.2, 0.25) is 5.02 Å². The summed E-state index contributed by atoms with van der Waals surface area (Å²) < 4.78 is 21.8. The third-order valence-electron chi connectivity index (χ3n) is 2.16. The van der Waals surface area contributed by atoms with Gasteiger partial charge in [0.2, 0.25) is 0 Å². The van der Waals surface area contributed by atoms with Gasteiger partial charge in [-0.05, 0) is 18.9 Å². The Bertz CT molecular complexity index is 447. The van der Waals surface area contributed by atoms with Crippen LogP contribution in [0.1, 0.15) is 24.5 Å². The molecule has 90 valence electrons. The average Bonchev–Trinajstić information content (AvgIpc) is 2.16. The second kappa shape index (κ2) is 5.61. The number of hydrogen-bond donors (Lipinski definition) is 1. The highest BCUT2D eigenvalue weighted by molar-refractivity contribution is 7.90. The Hall–Kier alpha value is -0.650. The molecule has 0 radical (unpaired) electrons. The number of halogens is 1. The molecule has 0 spiro atoms. The fraction of sp³-hybridized carbons (Fsp3) is 0.500. The zero-order valence-corrected chi connectivity index (χ0v) is 10.5. The molecular weight excluding hydrogens is 250 g/mol. The van der Waals surface area contributed by atoms with Crippen LogP contribution in [-0.2, 0) is 9.84 Å². The van der Waals surface area contributed by atoms with E-state index in [-0.39, 0.29) is 5.75 Å². The van der Waals surface area contributed by atoms with Crippen molar-refractivity contribution < 1.29 is 13.5 Å². The first-order valence-corrected chi connectivity index (χ1v) is 7.29. The number of hydrogen-bond acceptors (Lipinski definition) is 4. The minimum absolute atomic E-state index is 0.0762. The van der Waals surface area contributed by atoms with Gasteiger partial charge in [-0.15, -0.1) is 0 Å². The SMILES string of the molecule is CS(=O)(=O)CCCC(O)c1ccncc1Cl. The summed E-state index contributed by atoms with van der Waals surface area (Å²) in [6.45, 7) is 0. The minimum Gasteiger partial charge on any atom is -0.388 e. The summed E-state index contributed by atoms with van der Waals surface area (Å²) in [4.78, 5) is 3.81. The molecule has 0 aliphatic carbocycles. The smallest absolute Gasteiger partial charge is 0.147 e. The van der Waals surface area contributed by atoms with Crippen molar-refractivity contribution in [3.63, 3.8) is 0 Å². The molecule has 0 bridgehead atoms. The van der Waals surface area contributed by atoms with Crippen molar-refractivity contribution >= 4 is 21.4 Å². The molecule has 1 N–H and O–H groups in total. The van der Waals surface area contributed by atoms with Gasteiger partial charge in [0, 0.05) is 30.0 Å². The molecule has 4 nitrogen and oxygen atoms in total. The predicted octanol–water partition coefficient (Wildman–Crippen LogP) is 1.59. The van der Waals surface area contributed by atoms with Gasteiger partial charge in [-0.3, -0.25) is 4.98 Å². The lowest BCUT2D eigenvalue weighted by Crippen LogP contribution is -2.06. The van der Waals surface area contributed by atoms with Crippen LogP contribution in [0.4, 0.5) is 0 Å². The monoisotopic (exact) mass is 263 g/mol. The molecule has 1 heterocycles. The Kier molecular flexibility index (Phi) is 4.70. The molecule has 16 heavy (non-hydrogen) atoms. The van der Waals surface area contributed by atoms with E-state index < -0.39 is 15.9 Å². The Morgan fingerprint density at radius 3 is 2.81 bits per heavy atom. The fourth-order valence-corrected chi connectivity index (χ4v) is 2.29. The van der Waals surface area contributed by atoms with Gasteiger partial charge in [-0.2, -0.15) is 0 Å².